The van der Waals surface area contributed by atoms with Crippen LogP contribution in [0.15, 0.2) is 29.2 Å². The van der Waals surface area contributed by atoms with Crippen molar-refractivity contribution in [1.82, 2.24) is 19.4 Å². The molecular formula is C23H26N4O. The number of hydrogen-bond donors (Lipinski definition) is 1. The summed E-state index contributed by atoms with van der Waals surface area (Å²) in [6, 6.07) is 5.91. The van der Waals surface area contributed by atoms with Crippen LogP contribution in [0.2, 0.25) is 0 Å². The molecule has 1 N–H and O–H groups in total. The van der Waals surface area contributed by atoms with E-state index in [0.29, 0.717) is 0 Å². The summed E-state index contributed by atoms with van der Waals surface area (Å²) < 4.78 is 2.33. The Labute approximate surface area is 164 Å². The van der Waals surface area contributed by atoms with E-state index in [9.17, 15) is 4.79 Å². The summed E-state index contributed by atoms with van der Waals surface area (Å²) in [5.41, 5.74) is 9.20. The summed E-state index contributed by atoms with van der Waals surface area (Å²) in [4.78, 5) is 23.2. The van der Waals surface area contributed by atoms with E-state index in [-0.39, 0.29) is 5.43 Å². The van der Waals surface area contributed by atoms with Gasteiger partial charge in [0, 0.05) is 53.2 Å². The Bertz CT molecular complexity index is 1150. The first kappa shape index (κ1) is 17.4. The summed E-state index contributed by atoms with van der Waals surface area (Å²) in [6.45, 7) is 4.08. The SMILES string of the molecule is Cc1ccc2c(n1)c1c(n2C=C2CCCc3[nH]ccc(=O)c32)CCCN(C)C1. The first-order valence-electron chi connectivity index (χ1n) is 10.2. The van der Waals surface area contributed by atoms with E-state index in [1.807, 2.05) is 0 Å². The lowest BCUT2D eigenvalue weighted by Crippen LogP contribution is -2.17. The molecule has 0 spiro atoms. The highest BCUT2D eigenvalue weighted by atomic mass is 16.1. The maximum absolute atomic E-state index is 12.6. The molecule has 0 fully saturated rings. The Balaban J connectivity index is 1.76. The van der Waals surface area contributed by atoms with E-state index in [4.69, 9.17) is 4.98 Å². The second kappa shape index (κ2) is 6.74. The predicted octanol–water partition coefficient (Wildman–Crippen LogP) is 3.75. The van der Waals surface area contributed by atoms with Crippen molar-refractivity contribution in [2.45, 2.75) is 45.6 Å². The number of hydrogen-bond acceptors (Lipinski definition) is 3. The maximum Gasteiger partial charge on any atom is 0.189 e. The molecule has 1 aliphatic heterocycles. The number of nitrogens with one attached hydrogen (secondary N) is 1. The molecule has 2 aliphatic rings. The fourth-order valence-corrected chi connectivity index (χ4v) is 4.78. The molecular weight excluding hydrogens is 348 g/mol. The van der Waals surface area contributed by atoms with E-state index in [1.165, 1.54) is 11.3 Å². The van der Waals surface area contributed by atoms with Crippen LogP contribution in [0.25, 0.3) is 22.8 Å². The van der Waals surface area contributed by atoms with E-state index >= 15 is 0 Å². The van der Waals surface area contributed by atoms with Crippen LogP contribution in [0, 0.1) is 6.92 Å². The van der Waals surface area contributed by atoms with Crippen LogP contribution in [0.3, 0.4) is 0 Å². The van der Waals surface area contributed by atoms with Crippen molar-refractivity contribution in [2.24, 2.45) is 0 Å². The summed E-state index contributed by atoms with van der Waals surface area (Å²) >= 11 is 0. The van der Waals surface area contributed by atoms with Crippen molar-refractivity contribution < 1.29 is 0 Å². The molecule has 28 heavy (non-hydrogen) atoms. The van der Waals surface area contributed by atoms with Crippen LogP contribution in [-0.4, -0.2) is 33.0 Å². The van der Waals surface area contributed by atoms with Crippen LogP contribution in [0.5, 0.6) is 0 Å². The third-order valence-corrected chi connectivity index (χ3v) is 6.10. The average molecular weight is 374 g/mol. The molecule has 5 heteroatoms. The second-order valence-corrected chi connectivity index (χ2v) is 8.16. The number of aromatic amines is 1. The third kappa shape index (κ3) is 2.81. The number of aryl methyl sites for hydroxylation is 2. The van der Waals surface area contributed by atoms with Crippen molar-refractivity contribution >= 4 is 22.8 Å². The van der Waals surface area contributed by atoms with Crippen LogP contribution in [-0.2, 0) is 19.4 Å². The normalized spacial score (nSPS) is 18.9. The van der Waals surface area contributed by atoms with Gasteiger partial charge in [-0.25, -0.2) is 0 Å². The zero-order valence-electron chi connectivity index (χ0n) is 16.6. The van der Waals surface area contributed by atoms with Gasteiger partial charge in [-0.05, 0) is 70.3 Å². The van der Waals surface area contributed by atoms with Crippen molar-refractivity contribution in [2.75, 3.05) is 13.6 Å². The fraction of sp³-hybridized carbons (Fsp3) is 0.391. The van der Waals surface area contributed by atoms with Crippen LogP contribution in [0.1, 0.15) is 47.5 Å². The number of fused-ring (bicyclic) bond motifs is 4. The summed E-state index contributed by atoms with van der Waals surface area (Å²) in [7, 11) is 2.18. The summed E-state index contributed by atoms with van der Waals surface area (Å²) in [6.07, 6.45) is 9.11. The van der Waals surface area contributed by atoms with Crippen LogP contribution < -0.4 is 5.43 Å². The smallest absolute Gasteiger partial charge is 0.189 e. The minimum Gasteiger partial charge on any atom is -0.364 e. The minimum atomic E-state index is 0.121. The number of nitrogens with zero attached hydrogens (tertiary/aromatic N) is 3. The molecule has 5 nitrogen and oxygen atoms in total. The van der Waals surface area contributed by atoms with Crippen LogP contribution in [0.4, 0.5) is 0 Å². The van der Waals surface area contributed by atoms with E-state index in [1.54, 1.807) is 12.3 Å². The van der Waals surface area contributed by atoms with E-state index < -0.39 is 0 Å². The first-order valence-corrected chi connectivity index (χ1v) is 10.2. The second-order valence-electron chi connectivity index (χ2n) is 8.16. The molecule has 3 aromatic rings. The lowest BCUT2D eigenvalue weighted by Gasteiger charge is -2.18. The molecule has 1 aliphatic carbocycles. The molecule has 0 unspecified atom stereocenters. The molecule has 0 saturated heterocycles. The number of pyridine rings is 2. The zero-order chi connectivity index (χ0) is 19.3. The van der Waals surface area contributed by atoms with Crippen molar-refractivity contribution in [3.8, 4) is 0 Å². The Hall–Kier alpha value is -2.66. The molecule has 0 radical (unpaired) electrons. The molecule has 5 rings (SSSR count). The van der Waals surface area contributed by atoms with Gasteiger partial charge in [-0.3, -0.25) is 9.78 Å². The van der Waals surface area contributed by atoms with Gasteiger partial charge in [0.15, 0.2) is 5.43 Å². The lowest BCUT2D eigenvalue weighted by atomic mass is 9.91. The first-order chi connectivity index (χ1) is 13.6. The van der Waals surface area contributed by atoms with Crippen molar-refractivity contribution in [3.05, 3.63) is 62.8 Å². The Morgan fingerprint density at radius 1 is 1.14 bits per heavy atom. The van der Waals surface area contributed by atoms with Gasteiger partial charge in [-0.1, -0.05) is 0 Å². The molecule has 3 aromatic heterocycles. The molecule has 0 atom stereocenters. The number of H-pyrrole nitrogens is 1. The topological polar surface area (TPSA) is 53.9 Å². The number of rotatable bonds is 1. The van der Waals surface area contributed by atoms with Gasteiger partial charge in [0.2, 0.25) is 0 Å². The fourth-order valence-electron chi connectivity index (χ4n) is 4.78. The maximum atomic E-state index is 12.6. The van der Waals surface area contributed by atoms with E-state index in [0.717, 1.165) is 78.8 Å². The molecule has 0 aromatic carbocycles. The Kier molecular flexibility index (Phi) is 4.20. The van der Waals surface area contributed by atoms with Gasteiger partial charge in [0.1, 0.15) is 0 Å². The molecule has 0 amide bonds. The highest BCUT2D eigenvalue weighted by Gasteiger charge is 2.23. The monoisotopic (exact) mass is 374 g/mol. The van der Waals surface area contributed by atoms with Crippen molar-refractivity contribution in [1.29, 1.82) is 0 Å². The molecule has 144 valence electrons. The minimum absolute atomic E-state index is 0.121. The highest BCUT2D eigenvalue weighted by molar-refractivity contribution is 5.88. The average Bonchev–Trinajstić information content (AvgIpc) is 2.82. The Morgan fingerprint density at radius 3 is 2.93 bits per heavy atom. The van der Waals surface area contributed by atoms with Gasteiger partial charge in [0.25, 0.3) is 0 Å². The quantitative estimate of drug-likeness (QED) is 0.706. The predicted molar refractivity (Wildman–Crippen MR) is 113 cm³/mol. The van der Waals surface area contributed by atoms with Gasteiger partial charge < -0.3 is 14.5 Å². The third-order valence-electron chi connectivity index (χ3n) is 6.10. The molecule has 0 saturated carbocycles. The van der Waals surface area contributed by atoms with Gasteiger partial charge >= 0.3 is 0 Å². The zero-order valence-corrected chi connectivity index (χ0v) is 16.6. The van der Waals surface area contributed by atoms with Gasteiger partial charge in [-0.2, -0.15) is 0 Å². The van der Waals surface area contributed by atoms with Gasteiger partial charge in [-0.15, -0.1) is 0 Å². The van der Waals surface area contributed by atoms with Crippen molar-refractivity contribution in [3.63, 3.8) is 0 Å². The lowest BCUT2D eigenvalue weighted by molar-refractivity contribution is 0.333. The van der Waals surface area contributed by atoms with Gasteiger partial charge in [0.05, 0.1) is 11.0 Å². The molecule has 4 heterocycles. The summed E-state index contributed by atoms with van der Waals surface area (Å²) in [5.74, 6) is 0. The summed E-state index contributed by atoms with van der Waals surface area (Å²) in [5, 5.41) is 0. The Morgan fingerprint density at radius 2 is 2.04 bits per heavy atom. The largest absolute Gasteiger partial charge is 0.364 e. The molecule has 0 bridgehead atoms. The van der Waals surface area contributed by atoms with E-state index in [2.05, 4.69) is 46.8 Å². The highest BCUT2D eigenvalue weighted by Crippen LogP contribution is 2.33. The number of aromatic nitrogens is 3. The van der Waals surface area contributed by atoms with Crippen LogP contribution >= 0.6 is 0 Å². The standard InChI is InChI=1S/C23H26N4O/c1-15-8-9-20-23(25-15)17-14-26(2)12-4-7-19(17)27(20)13-16-5-3-6-18-22(16)21(28)10-11-24-18/h8-11,13H,3-7,12,14H2,1-2H3,(H,24,28). The number of allylic oxidation sites excluding steroid dienone is 1.